The van der Waals surface area contributed by atoms with Gasteiger partial charge in [0.25, 0.3) is 0 Å². The fourth-order valence-corrected chi connectivity index (χ4v) is 3.30. The van der Waals surface area contributed by atoms with Crippen LogP contribution >= 0.6 is 0 Å². The monoisotopic (exact) mass is 364 g/mol. The van der Waals surface area contributed by atoms with Crippen LogP contribution in [0.2, 0.25) is 0 Å². The van der Waals surface area contributed by atoms with E-state index in [0.717, 1.165) is 28.7 Å². The first-order valence-corrected chi connectivity index (χ1v) is 9.21. The van der Waals surface area contributed by atoms with Crippen molar-refractivity contribution in [2.24, 2.45) is 0 Å². The van der Waals surface area contributed by atoms with Crippen LogP contribution in [-0.2, 0) is 0 Å². The van der Waals surface area contributed by atoms with Gasteiger partial charge in [-0.3, -0.25) is 4.90 Å². The third-order valence-corrected chi connectivity index (χ3v) is 4.85. The highest BCUT2D eigenvalue weighted by atomic mass is 19.1. The predicted octanol–water partition coefficient (Wildman–Crippen LogP) is 4.21. The van der Waals surface area contributed by atoms with E-state index in [4.69, 9.17) is 0 Å². The van der Waals surface area contributed by atoms with Crippen molar-refractivity contribution in [3.05, 3.63) is 66.1 Å². The van der Waals surface area contributed by atoms with Gasteiger partial charge in [-0.25, -0.2) is 4.39 Å². The van der Waals surface area contributed by atoms with Crippen LogP contribution in [0, 0.1) is 17.7 Å². The molecule has 0 radical (unpaired) electrons. The van der Waals surface area contributed by atoms with Gasteiger partial charge in [-0.05, 0) is 68.9 Å². The van der Waals surface area contributed by atoms with Crippen LogP contribution in [0.15, 0.2) is 54.7 Å². The molecule has 0 atom stereocenters. The highest BCUT2D eigenvalue weighted by Gasteiger charge is 2.22. The van der Waals surface area contributed by atoms with Crippen LogP contribution in [0.1, 0.15) is 26.3 Å². The molecule has 2 aromatic carbocycles. The molecule has 140 valence electrons. The molecule has 1 heterocycles. The van der Waals surface area contributed by atoms with Gasteiger partial charge in [-0.2, -0.15) is 0 Å². The smallest absolute Gasteiger partial charge is 0.123 e. The lowest BCUT2D eigenvalue weighted by Crippen LogP contribution is -2.44. The Balaban J connectivity index is 1.90. The lowest BCUT2D eigenvalue weighted by Gasteiger charge is -2.33. The average Bonchev–Trinajstić information content (AvgIpc) is 3.08. The van der Waals surface area contributed by atoms with Crippen LogP contribution in [0.25, 0.3) is 16.6 Å². The standard InChI is InChI=1S/C23H25FN2O/c1-4-25(15-16-27)23(2,3)13-11-18-5-10-22-19(17-18)12-14-26(22)21-8-6-20(24)7-9-21/h5-10,12,14,17,27H,4,15-16H2,1-3H3. The lowest BCUT2D eigenvalue weighted by atomic mass is 10.0. The molecule has 0 unspecified atom stereocenters. The molecule has 0 saturated carbocycles. The van der Waals surface area contributed by atoms with Gasteiger partial charge in [0, 0.05) is 29.4 Å². The summed E-state index contributed by atoms with van der Waals surface area (Å²) in [5, 5.41) is 10.3. The summed E-state index contributed by atoms with van der Waals surface area (Å²) in [4.78, 5) is 2.16. The first-order chi connectivity index (χ1) is 12.9. The Hall–Kier alpha value is -2.61. The number of β-amino-alcohol motifs (C(OH)–C–C–N with tert-alkyl or cyclic N) is 1. The number of benzene rings is 2. The van der Waals surface area contributed by atoms with Gasteiger partial charge >= 0.3 is 0 Å². The second-order valence-electron chi connectivity index (χ2n) is 7.05. The SMILES string of the molecule is CCN(CCO)C(C)(C)C#Cc1ccc2c(ccn2-c2ccc(F)cc2)c1. The van der Waals surface area contributed by atoms with E-state index < -0.39 is 0 Å². The summed E-state index contributed by atoms with van der Waals surface area (Å²) in [6.45, 7) is 7.79. The normalized spacial score (nSPS) is 11.6. The molecule has 3 aromatic rings. The molecule has 3 rings (SSSR count). The van der Waals surface area contributed by atoms with Gasteiger partial charge < -0.3 is 9.67 Å². The fourth-order valence-electron chi connectivity index (χ4n) is 3.30. The maximum absolute atomic E-state index is 13.2. The third kappa shape index (κ3) is 4.21. The van der Waals surface area contributed by atoms with E-state index in [0.29, 0.717) is 6.54 Å². The van der Waals surface area contributed by atoms with Crippen molar-refractivity contribution < 1.29 is 9.50 Å². The molecule has 0 bridgehead atoms. The van der Waals surface area contributed by atoms with Crippen molar-refractivity contribution in [2.45, 2.75) is 26.3 Å². The van der Waals surface area contributed by atoms with E-state index in [-0.39, 0.29) is 18.0 Å². The average molecular weight is 364 g/mol. The van der Waals surface area contributed by atoms with E-state index in [1.165, 1.54) is 12.1 Å². The summed E-state index contributed by atoms with van der Waals surface area (Å²) >= 11 is 0. The van der Waals surface area contributed by atoms with Gasteiger partial charge in [0.1, 0.15) is 5.82 Å². The van der Waals surface area contributed by atoms with E-state index in [2.05, 4.69) is 43.6 Å². The number of fused-ring (bicyclic) bond motifs is 1. The number of halogens is 1. The maximum Gasteiger partial charge on any atom is 0.123 e. The molecule has 0 amide bonds. The minimum absolute atomic E-state index is 0.127. The highest BCUT2D eigenvalue weighted by Crippen LogP contribution is 2.22. The Morgan fingerprint density at radius 1 is 1.11 bits per heavy atom. The minimum Gasteiger partial charge on any atom is -0.395 e. The van der Waals surface area contributed by atoms with Crippen LogP contribution in [0.5, 0.6) is 0 Å². The first-order valence-electron chi connectivity index (χ1n) is 9.21. The van der Waals surface area contributed by atoms with Crippen molar-refractivity contribution in [3.8, 4) is 17.5 Å². The summed E-state index contributed by atoms with van der Waals surface area (Å²) in [7, 11) is 0. The number of rotatable bonds is 5. The second-order valence-corrected chi connectivity index (χ2v) is 7.05. The number of aromatic nitrogens is 1. The van der Waals surface area contributed by atoms with Crippen molar-refractivity contribution in [1.29, 1.82) is 0 Å². The summed E-state index contributed by atoms with van der Waals surface area (Å²) in [5.41, 5.74) is 2.62. The zero-order valence-corrected chi connectivity index (χ0v) is 16.0. The molecule has 4 heteroatoms. The Morgan fingerprint density at radius 2 is 1.85 bits per heavy atom. The third-order valence-electron chi connectivity index (χ3n) is 4.85. The summed E-state index contributed by atoms with van der Waals surface area (Å²) in [6, 6.07) is 14.6. The molecule has 3 nitrogen and oxygen atoms in total. The first kappa shape index (κ1) is 19.2. The van der Waals surface area contributed by atoms with Crippen LogP contribution in [0.3, 0.4) is 0 Å². The van der Waals surface area contributed by atoms with Gasteiger partial charge in [-0.1, -0.05) is 18.8 Å². The number of hydrogen-bond acceptors (Lipinski definition) is 2. The molecule has 27 heavy (non-hydrogen) atoms. The predicted molar refractivity (Wildman–Crippen MR) is 109 cm³/mol. The van der Waals surface area contributed by atoms with Crippen molar-refractivity contribution in [3.63, 3.8) is 0 Å². The Labute approximate surface area is 160 Å². The number of nitrogens with zero attached hydrogens (tertiary/aromatic N) is 2. The quantitative estimate of drug-likeness (QED) is 0.687. The van der Waals surface area contributed by atoms with E-state index in [1.807, 2.05) is 29.0 Å². The molecule has 0 aliphatic carbocycles. The fraction of sp³-hybridized carbons (Fsp3) is 0.304. The number of aliphatic hydroxyl groups excluding tert-OH is 1. The number of aliphatic hydroxyl groups is 1. The van der Waals surface area contributed by atoms with Crippen molar-refractivity contribution in [2.75, 3.05) is 19.7 Å². The zero-order valence-electron chi connectivity index (χ0n) is 16.0. The Morgan fingerprint density at radius 3 is 2.52 bits per heavy atom. The molecule has 0 aliphatic rings. The van der Waals surface area contributed by atoms with E-state index >= 15 is 0 Å². The van der Waals surface area contributed by atoms with E-state index in [1.54, 1.807) is 12.1 Å². The van der Waals surface area contributed by atoms with Gasteiger partial charge in [0.05, 0.1) is 17.7 Å². The maximum atomic E-state index is 13.2. The molecular weight excluding hydrogens is 339 g/mol. The molecule has 0 saturated heterocycles. The number of hydrogen-bond donors (Lipinski definition) is 1. The Kier molecular flexibility index (Phi) is 5.65. The molecule has 1 N–H and O–H groups in total. The second kappa shape index (κ2) is 7.96. The van der Waals surface area contributed by atoms with E-state index in [9.17, 15) is 9.50 Å². The lowest BCUT2D eigenvalue weighted by molar-refractivity contribution is 0.137. The number of likely N-dealkylation sites (N-methyl/N-ethyl adjacent to an activating group) is 1. The van der Waals surface area contributed by atoms with Crippen molar-refractivity contribution in [1.82, 2.24) is 9.47 Å². The molecular formula is C23H25FN2O. The zero-order chi connectivity index (χ0) is 19.4. The summed E-state index contributed by atoms with van der Waals surface area (Å²) in [5.74, 6) is 6.37. The summed E-state index contributed by atoms with van der Waals surface area (Å²) in [6.07, 6.45) is 1.99. The van der Waals surface area contributed by atoms with Crippen LogP contribution in [0.4, 0.5) is 4.39 Å². The highest BCUT2D eigenvalue weighted by molar-refractivity contribution is 5.83. The van der Waals surface area contributed by atoms with Crippen LogP contribution in [-0.4, -0.2) is 39.8 Å². The molecule has 1 aromatic heterocycles. The minimum atomic E-state index is -0.313. The van der Waals surface area contributed by atoms with Gasteiger partial charge in [0.15, 0.2) is 0 Å². The molecule has 0 spiro atoms. The summed E-state index contributed by atoms with van der Waals surface area (Å²) < 4.78 is 15.2. The van der Waals surface area contributed by atoms with Crippen LogP contribution < -0.4 is 0 Å². The largest absolute Gasteiger partial charge is 0.395 e. The van der Waals surface area contributed by atoms with Gasteiger partial charge in [-0.15, -0.1) is 0 Å². The van der Waals surface area contributed by atoms with Crippen molar-refractivity contribution >= 4 is 10.9 Å². The van der Waals surface area contributed by atoms with Gasteiger partial charge in [0.2, 0.25) is 0 Å². The molecule has 0 aliphatic heterocycles. The Bertz CT molecular complexity index is 977. The molecule has 0 fully saturated rings. The topological polar surface area (TPSA) is 28.4 Å².